The molecular weight excluding hydrogens is 208 g/mol. The standard InChI is InChI=1S/C11H18N2O3/c1-12(2)7-4-8-13(3)10-6-5-9(16-10)11(14)15/h5-6H,4,7-8H2,1-3H3,(H,14,15). The number of hydrogen-bond donors (Lipinski definition) is 1. The molecule has 0 aliphatic rings. The summed E-state index contributed by atoms with van der Waals surface area (Å²) in [7, 11) is 5.94. The van der Waals surface area contributed by atoms with Gasteiger partial charge in [0.25, 0.3) is 0 Å². The molecule has 16 heavy (non-hydrogen) atoms. The van der Waals surface area contributed by atoms with Crippen molar-refractivity contribution in [3.63, 3.8) is 0 Å². The Kier molecular flexibility index (Phi) is 4.37. The first-order valence-corrected chi connectivity index (χ1v) is 5.19. The molecule has 90 valence electrons. The predicted octanol–water partition coefficient (Wildman–Crippen LogP) is 1.37. The van der Waals surface area contributed by atoms with Crippen molar-refractivity contribution in [2.45, 2.75) is 6.42 Å². The van der Waals surface area contributed by atoms with Gasteiger partial charge in [0.2, 0.25) is 5.76 Å². The quantitative estimate of drug-likeness (QED) is 0.793. The van der Waals surface area contributed by atoms with Gasteiger partial charge in [-0.3, -0.25) is 0 Å². The van der Waals surface area contributed by atoms with Crippen molar-refractivity contribution in [1.29, 1.82) is 0 Å². The van der Waals surface area contributed by atoms with Gasteiger partial charge in [-0.05, 0) is 33.1 Å². The van der Waals surface area contributed by atoms with E-state index in [-0.39, 0.29) is 5.76 Å². The summed E-state index contributed by atoms with van der Waals surface area (Å²) in [5.41, 5.74) is 0. The first-order valence-electron chi connectivity index (χ1n) is 5.19. The van der Waals surface area contributed by atoms with Gasteiger partial charge in [-0.15, -0.1) is 0 Å². The van der Waals surface area contributed by atoms with Crippen molar-refractivity contribution in [2.75, 3.05) is 39.1 Å². The Hall–Kier alpha value is -1.49. The zero-order valence-corrected chi connectivity index (χ0v) is 9.93. The largest absolute Gasteiger partial charge is 0.475 e. The minimum Gasteiger partial charge on any atom is -0.475 e. The van der Waals surface area contributed by atoms with Crippen LogP contribution in [0.1, 0.15) is 17.0 Å². The zero-order valence-electron chi connectivity index (χ0n) is 9.93. The molecule has 0 aliphatic heterocycles. The fourth-order valence-electron chi connectivity index (χ4n) is 1.38. The van der Waals surface area contributed by atoms with Gasteiger partial charge in [0.05, 0.1) is 0 Å². The van der Waals surface area contributed by atoms with E-state index in [1.54, 1.807) is 6.07 Å². The van der Waals surface area contributed by atoms with Gasteiger partial charge in [-0.1, -0.05) is 0 Å². The minimum atomic E-state index is -1.03. The van der Waals surface area contributed by atoms with Gasteiger partial charge in [0.1, 0.15) is 0 Å². The molecule has 0 atom stereocenters. The van der Waals surface area contributed by atoms with Crippen LogP contribution in [0.4, 0.5) is 5.88 Å². The van der Waals surface area contributed by atoms with E-state index in [1.165, 1.54) is 6.07 Å². The highest BCUT2D eigenvalue weighted by molar-refractivity contribution is 5.84. The minimum absolute atomic E-state index is 0.0190. The summed E-state index contributed by atoms with van der Waals surface area (Å²) in [6, 6.07) is 3.15. The van der Waals surface area contributed by atoms with E-state index < -0.39 is 5.97 Å². The second-order valence-corrected chi connectivity index (χ2v) is 4.02. The molecule has 0 amide bonds. The number of carbonyl (C=O) groups is 1. The van der Waals surface area contributed by atoms with E-state index in [9.17, 15) is 4.79 Å². The molecule has 0 unspecified atom stereocenters. The summed E-state index contributed by atoms with van der Waals surface area (Å²) in [6.07, 6.45) is 1.01. The van der Waals surface area contributed by atoms with Crippen LogP contribution in [0.2, 0.25) is 0 Å². The Morgan fingerprint density at radius 1 is 1.31 bits per heavy atom. The molecule has 1 rings (SSSR count). The maximum absolute atomic E-state index is 10.6. The number of furan rings is 1. The summed E-state index contributed by atoms with van der Waals surface area (Å²) in [6.45, 7) is 1.83. The summed E-state index contributed by atoms with van der Waals surface area (Å²) in [4.78, 5) is 14.6. The first kappa shape index (κ1) is 12.6. The van der Waals surface area contributed by atoms with Gasteiger partial charge in [-0.25, -0.2) is 4.79 Å². The number of rotatable bonds is 6. The van der Waals surface area contributed by atoms with E-state index in [0.29, 0.717) is 5.88 Å². The van der Waals surface area contributed by atoms with Gasteiger partial charge >= 0.3 is 5.97 Å². The van der Waals surface area contributed by atoms with Gasteiger partial charge in [0, 0.05) is 19.7 Å². The summed E-state index contributed by atoms with van der Waals surface area (Å²) >= 11 is 0. The van der Waals surface area contributed by atoms with Crippen molar-refractivity contribution in [2.24, 2.45) is 0 Å². The smallest absolute Gasteiger partial charge is 0.371 e. The molecule has 5 heteroatoms. The molecule has 0 aliphatic carbocycles. The van der Waals surface area contributed by atoms with Crippen LogP contribution in [0.15, 0.2) is 16.5 Å². The van der Waals surface area contributed by atoms with Crippen LogP contribution >= 0.6 is 0 Å². The van der Waals surface area contributed by atoms with Crippen molar-refractivity contribution in [3.8, 4) is 0 Å². The molecule has 1 aromatic rings. The third kappa shape index (κ3) is 3.58. The fourth-order valence-corrected chi connectivity index (χ4v) is 1.38. The predicted molar refractivity (Wildman–Crippen MR) is 62.1 cm³/mol. The SMILES string of the molecule is CN(C)CCCN(C)c1ccc(C(=O)O)o1. The second-order valence-electron chi connectivity index (χ2n) is 4.02. The molecule has 0 fully saturated rings. The summed E-state index contributed by atoms with van der Waals surface area (Å²) < 4.78 is 5.18. The van der Waals surface area contributed by atoms with Crippen molar-refractivity contribution in [1.82, 2.24) is 4.90 Å². The number of carboxylic acids is 1. The third-order valence-corrected chi connectivity index (χ3v) is 2.28. The molecule has 0 radical (unpaired) electrons. The monoisotopic (exact) mass is 226 g/mol. The normalized spacial score (nSPS) is 10.8. The van der Waals surface area contributed by atoms with Crippen molar-refractivity contribution in [3.05, 3.63) is 17.9 Å². The van der Waals surface area contributed by atoms with Gasteiger partial charge in [-0.2, -0.15) is 0 Å². The first-order chi connectivity index (χ1) is 7.50. The Labute approximate surface area is 95.3 Å². The second kappa shape index (κ2) is 5.55. The lowest BCUT2D eigenvalue weighted by Crippen LogP contribution is -2.22. The van der Waals surface area contributed by atoms with E-state index in [4.69, 9.17) is 9.52 Å². The van der Waals surface area contributed by atoms with Crippen molar-refractivity contribution >= 4 is 11.9 Å². The van der Waals surface area contributed by atoms with Crippen LogP contribution in [-0.4, -0.2) is 50.2 Å². The molecule has 1 aromatic heterocycles. The molecule has 1 heterocycles. The molecule has 0 saturated heterocycles. The third-order valence-electron chi connectivity index (χ3n) is 2.28. The number of aromatic carboxylic acids is 1. The highest BCUT2D eigenvalue weighted by Gasteiger charge is 2.11. The summed E-state index contributed by atoms with van der Waals surface area (Å²) in [5, 5.41) is 8.71. The number of carboxylic acid groups (broad SMARTS) is 1. The average Bonchev–Trinajstić information content (AvgIpc) is 2.65. The maximum Gasteiger partial charge on any atom is 0.371 e. The maximum atomic E-state index is 10.6. The Morgan fingerprint density at radius 3 is 2.50 bits per heavy atom. The highest BCUT2D eigenvalue weighted by atomic mass is 16.4. The topological polar surface area (TPSA) is 56.9 Å². The Morgan fingerprint density at radius 2 is 2.00 bits per heavy atom. The lowest BCUT2D eigenvalue weighted by molar-refractivity contribution is 0.0663. The van der Waals surface area contributed by atoms with Crippen LogP contribution < -0.4 is 4.90 Å². The average molecular weight is 226 g/mol. The zero-order chi connectivity index (χ0) is 12.1. The van der Waals surface area contributed by atoms with Gasteiger partial charge in [0.15, 0.2) is 5.88 Å². The van der Waals surface area contributed by atoms with E-state index in [2.05, 4.69) is 4.90 Å². The molecular formula is C11H18N2O3. The van der Waals surface area contributed by atoms with Crippen molar-refractivity contribution < 1.29 is 14.3 Å². The van der Waals surface area contributed by atoms with Crippen LogP contribution in [0.3, 0.4) is 0 Å². The van der Waals surface area contributed by atoms with E-state index in [1.807, 2.05) is 26.0 Å². The molecule has 5 nitrogen and oxygen atoms in total. The summed E-state index contributed by atoms with van der Waals surface area (Å²) in [5.74, 6) is -0.460. The number of anilines is 1. The Bertz CT molecular complexity index is 347. The lowest BCUT2D eigenvalue weighted by Gasteiger charge is -2.17. The number of nitrogens with zero attached hydrogens (tertiary/aromatic N) is 2. The van der Waals surface area contributed by atoms with E-state index in [0.717, 1.165) is 19.5 Å². The van der Waals surface area contributed by atoms with Crippen LogP contribution in [-0.2, 0) is 0 Å². The molecule has 0 spiro atoms. The highest BCUT2D eigenvalue weighted by Crippen LogP contribution is 2.17. The molecule has 0 saturated carbocycles. The van der Waals surface area contributed by atoms with Crippen LogP contribution in [0.5, 0.6) is 0 Å². The van der Waals surface area contributed by atoms with Crippen LogP contribution in [0, 0.1) is 0 Å². The van der Waals surface area contributed by atoms with Crippen LogP contribution in [0.25, 0.3) is 0 Å². The fraction of sp³-hybridized carbons (Fsp3) is 0.545. The number of hydrogen-bond acceptors (Lipinski definition) is 4. The van der Waals surface area contributed by atoms with E-state index >= 15 is 0 Å². The van der Waals surface area contributed by atoms with Gasteiger partial charge < -0.3 is 19.3 Å². The molecule has 0 bridgehead atoms. The molecule has 0 aromatic carbocycles. The Balaban J connectivity index is 2.46. The molecule has 1 N–H and O–H groups in total. The lowest BCUT2D eigenvalue weighted by atomic mass is 10.4.